The van der Waals surface area contributed by atoms with Crippen molar-refractivity contribution >= 4 is 66.6 Å². The normalized spacial score (nSPS) is 30.4. The molecule has 6 aliphatic rings. The van der Waals surface area contributed by atoms with Gasteiger partial charge >= 0.3 is 0 Å². The summed E-state index contributed by atoms with van der Waals surface area (Å²) in [6.45, 7) is 1.43. The Hall–Kier alpha value is -4.74. The van der Waals surface area contributed by atoms with E-state index in [0.29, 0.717) is 24.2 Å². The van der Waals surface area contributed by atoms with Gasteiger partial charge in [-0.25, -0.2) is 0 Å². The molecule has 2 spiro atoms. The number of rotatable bonds is 6. The Balaban J connectivity index is 1.07. The predicted octanol–water partition coefficient (Wildman–Crippen LogP) is 9.08. The maximum Gasteiger partial charge on any atom is 0.252 e. The second-order valence-corrected chi connectivity index (χ2v) is 19.4. The number of halogens is 2. The maximum absolute atomic E-state index is 15.3. The average molecular weight is 925 g/mol. The Bertz CT molecular complexity index is 2440. The van der Waals surface area contributed by atoms with Crippen molar-refractivity contribution in [1.29, 1.82) is 0 Å². The molecule has 0 saturated carbocycles. The third-order valence-corrected chi connectivity index (χ3v) is 16.0. The first-order valence-electron chi connectivity index (χ1n) is 21.1. The van der Waals surface area contributed by atoms with Gasteiger partial charge in [-0.15, -0.1) is 0 Å². The monoisotopic (exact) mass is 922 g/mol. The minimum atomic E-state index is -1.17. The number of nitrogens with zero attached hydrogens (tertiary/aromatic N) is 4. The number of ketones is 2. The summed E-state index contributed by atoms with van der Waals surface area (Å²) in [5.74, 6) is -2.10. The highest BCUT2D eigenvalue weighted by molar-refractivity contribution is 9.10. The van der Waals surface area contributed by atoms with Gasteiger partial charge in [-0.05, 0) is 86.3 Å². The van der Waals surface area contributed by atoms with Gasteiger partial charge < -0.3 is 9.80 Å². The van der Waals surface area contributed by atoms with E-state index in [9.17, 15) is 0 Å². The van der Waals surface area contributed by atoms with Crippen molar-refractivity contribution in [3.8, 4) is 0 Å². The van der Waals surface area contributed by atoms with Crippen LogP contribution in [-0.4, -0.2) is 72.4 Å². The molecule has 0 N–H and O–H groups in total. The highest BCUT2D eigenvalue weighted by atomic mass is 79.9. The molecule has 4 fully saturated rings. The van der Waals surface area contributed by atoms with Crippen LogP contribution in [-0.2, 0) is 20.7 Å². The number of amides is 2. The second kappa shape index (κ2) is 13.9. The molecule has 302 valence electrons. The largest absolute Gasteiger partial charge is 0.313 e. The zero-order valence-corrected chi connectivity index (χ0v) is 36.6. The molecule has 11 rings (SSSR count). The fourth-order valence-corrected chi connectivity index (χ4v) is 13.6. The number of benzene rings is 5. The minimum Gasteiger partial charge on any atom is -0.313 e. The van der Waals surface area contributed by atoms with Crippen molar-refractivity contribution in [2.75, 3.05) is 37.0 Å². The van der Waals surface area contributed by atoms with E-state index >= 15 is 19.2 Å². The van der Waals surface area contributed by atoms with Crippen molar-refractivity contribution in [3.05, 3.63) is 164 Å². The third kappa shape index (κ3) is 4.96. The van der Waals surface area contributed by atoms with Crippen molar-refractivity contribution in [1.82, 2.24) is 9.80 Å². The number of Topliss-reactive ketones (excluding diaryl/α,β-unsaturated/α-hetero) is 2. The van der Waals surface area contributed by atoms with E-state index in [0.717, 1.165) is 68.3 Å². The lowest BCUT2D eigenvalue weighted by Crippen LogP contribution is -2.54. The molecule has 0 radical (unpaired) electrons. The Labute approximate surface area is 366 Å². The van der Waals surface area contributed by atoms with Crippen LogP contribution in [0.1, 0.15) is 80.5 Å². The zero-order valence-electron chi connectivity index (χ0n) is 33.4. The van der Waals surface area contributed by atoms with Crippen LogP contribution in [0.3, 0.4) is 0 Å². The van der Waals surface area contributed by atoms with E-state index in [2.05, 4.69) is 78.1 Å². The molecule has 2 amide bonds. The first kappa shape index (κ1) is 38.2. The molecular formula is C50H44Br2N4O4. The zero-order chi connectivity index (χ0) is 41.2. The van der Waals surface area contributed by atoms with E-state index in [-0.39, 0.29) is 47.3 Å². The number of hydrogen-bond acceptors (Lipinski definition) is 6. The molecule has 10 heteroatoms. The standard InChI is InChI=1S/C50H44Br2N4O4/c1-53-37-23-21-33(51)27-35(37)49(47(53)59)43(45(57)31-11-5-3-6-12-31)41(39-15-9-25-55(39)49)29-17-19-30(20-18-29)42-40-16-10-26-56(40)50(44(42)46(58)32-13-7-4-8-14-32)36-28-34(52)22-24-38(36)54(2)48(50)60/h3-8,11-14,17-24,27-28,39-44H,9-10,15-16,25-26H2,1-2H3. The quantitative estimate of drug-likeness (QED) is 0.158. The summed E-state index contributed by atoms with van der Waals surface area (Å²) in [6, 6.07) is 39.5. The van der Waals surface area contributed by atoms with Gasteiger partial charge in [-0.1, -0.05) is 117 Å². The van der Waals surface area contributed by atoms with Crippen LogP contribution in [0.15, 0.2) is 130 Å². The summed E-state index contributed by atoms with van der Waals surface area (Å²) in [4.78, 5) is 68.8. The molecular weight excluding hydrogens is 880 g/mol. The lowest BCUT2D eigenvalue weighted by molar-refractivity contribution is -0.130. The van der Waals surface area contributed by atoms with Crippen molar-refractivity contribution in [3.63, 3.8) is 0 Å². The Morgan fingerprint density at radius 1 is 0.550 bits per heavy atom. The molecule has 60 heavy (non-hydrogen) atoms. The summed E-state index contributed by atoms with van der Waals surface area (Å²) in [6.07, 6.45) is 3.60. The molecule has 6 heterocycles. The molecule has 6 aliphatic heterocycles. The predicted molar refractivity (Wildman–Crippen MR) is 238 cm³/mol. The van der Waals surface area contributed by atoms with Gasteiger partial charge in [0, 0.05) is 80.6 Å². The summed E-state index contributed by atoms with van der Waals surface area (Å²) in [5.41, 5.74) is 4.30. The molecule has 0 aromatic heterocycles. The molecule has 5 aromatic rings. The first-order valence-corrected chi connectivity index (χ1v) is 22.7. The molecule has 4 saturated heterocycles. The van der Waals surface area contributed by atoms with Gasteiger partial charge in [-0.2, -0.15) is 0 Å². The Morgan fingerprint density at radius 2 is 0.933 bits per heavy atom. The fraction of sp³-hybridized carbons (Fsp3) is 0.320. The SMILES string of the molecule is CN1C(=O)C2(c3cc(Br)ccc31)C(C(=O)c1ccccc1)C(c1ccc(C3C4CCCN4C4(C(=O)N(C)c5ccc(Br)cc54)C3C(=O)c3ccccc3)cc1)C1CCCN12. The van der Waals surface area contributed by atoms with Crippen molar-refractivity contribution < 1.29 is 19.2 Å². The lowest BCUT2D eigenvalue weighted by atomic mass is 9.67. The summed E-state index contributed by atoms with van der Waals surface area (Å²) >= 11 is 7.43. The van der Waals surface area contributed by atoms with Crippen LogP contribution < -0.4 is 9.80 Å². The number of fused-ring (bicyclic) bond motifs is 8. The Morgan fingerprint density at radius 3 is 1.32 bits per heavy atom. The average Bonchev–Trinajstić information content (AvgIpc) is 4.11. The molecule has 8 nitrogen and oxygen atoms in total. The van der Waals surface area contributed by atoms with E-state index in [1.165, 1.54) is 0 Å². The van der Waals surface area contributed by atoms with E-state index < -0.39 is 22.9 Å². The van der Waals surface area contributed by atoms with Gasteiger partial charge in [0.2, 0.25) is 0 Å². The molecule has 5 aromatic carbocycles. The maximum atomic E-state index is 15.3. The smallest absolute Gasteiger partial charge is 0.252 e. The van der Waals surface area contributed by atoms with E-state index in [4.69, 9.17) is 0 Å². The van der Waals surface area contributed by atoms with Crippen molar-refractivity contribution in [2.45, 2.75) is 60.7 Å². The molecule has 8 unspecified atom stereocenters. The summed E-state index contributed by atoms with van der Waals surface area (Å²) in [7, 11) is 3.66. The highest BCUT2D eigenvalue weighted by Gasteiger charge is 2.72. The van der Waals surface area contributed by atoms with Crippen LogP contribution in [0.25, 0.3) is 0 Å². The van der Waals surface area contributed by atoms with Gasteiger partial charge in [0.25, 0.3) is 11.8 Å². The van der Waals surface area contributed by atoms with Crippen LogP contribution in [0.2, 0.25) is 0 Å². The van der Waals surface area contributed by atoms with Gasteiger partial charge in [0.05, 0.1) is 11.8 Å². The van der Waals surface area contributed by atoms with Crippen LogP contribution in [0, 0.1) is 11.8 Å². The van der Waals surface area contributed by atoms with Gasteiger partial charge in [0.15, 0.2) is 11.6 Å². The highest BCUT2D eigenvalue weighted by Crippen LogP contribution is 2.64. The van der Waals surface area contributed by atoms with E-state index in [1.54, 1.807) is 9.80 Å². The Kier molecular flexibility index (Phi) is 8.84. The van der Waals surface area contributed by atoms with Crippen LogP contribution in [0.4, 0.5) is 11.4 Å². The number of likely N-dealkylation sites (N-methyl/N-ethyl adjacent to an activating group) is 2. The summed E-state index contributed by atoms with van der Waals surface area (Å²) in [5, 5.41) is 0. The van der Waals surface area contributed by atoms with Gasteiger partial charge in [-0.3, -0.25) is 29.0 Å². The number of carbonyl (C=O) groups is 4. The van der Waals surface area contributed by atoms with Crippen LogP contribution >= 0.6 is 31.9 Å². The third-order valence-electron chi connectivity index (χ3n) is 15.1. The molecule has 0 aliphatic carbocycles. The van der Waals surface area contributed by atoms with E-state index in [1.807, 2.05) is 99.0 Å². The topological polar surface area (TPSA) is 81.2 Å². The van der Waals surface area contributed by atoms with Gasteiger partial charge in [0.1, 0.15) is 11.1 Å². The molecule has 0 bridgehead atoms. The lowest BCUT2D eigenvalue weighted by Gasteiger charge is -2.37. The second-order valence-electron chi connectivity index (χ2n) is 17.5. The summed E-state index contributed by atoms with van der Waals surface area (Å²) < 4.78 is 1.74. The number of hydrogen-bond donors (Lipinski definition) is 0. The number of anilines is 2. The minimum absolute atomic E-state index is 0.0322. The van der Waals surface area contributed by atoms with Crippen molar-refractivity contribution in [2.24, 2.45) is 11.8 Å². The number of carbonyl (C=O) groups excluding carboxylic acids is 4. The fourth-order valence-electron chi connectivity index (χ4n) is 12.9. The molecule has 8 atom stereocenters. The first-order chi connectivity index (χ1) is 29.1. The van der Waals surface area contributed by atoms with Crippen LogP contribution in [0.5, 0.6) is 0 Å².